The summed E-state index contributed by atoms with van der Waals surface area (Å²) in [4.78, 5) is 0. The van der Waals surface area contributed by atoms with Crippen molar-refractivity contribution in [2.45, 2.75) is 0 Å². The number of hydrogen-bond acceptors (Lipinski definition) is 2. The molecule has 1 aliphatic heterocycles. The van der Waals surface area contributed by atoms with Crippen molar-refractivity contribution < 1.29 is 9.47 Å². The summed E-state index contributed by atoms with van der Waals surface area (Å²) in [6.07, 6.45) is 4.36. The minimum absolute atomic E-state index is 0.593. The van der Waals surface area contributed by atoms with Crippen LogP contribution in [-0.2, 0) is 9.47 Å². The Morgan fingerprint density at radius 1 is 1.43 bits per heavy atom. The Hall–Kier alpha value is -0.440. The van der Waals surface area contributed by atoms with E-state index in [0.717, 1.165) is 0 Å². The van der Waals surface area contributed by atoms with Crippen molar-refractivity contribution in [1.82, 2.24) is 0 Å². The van der Waals surface area contributed by atoms with Crippen LogP contribution in [0.5, 0.6) is 0 Å². The average molecular weight is 163 g/mol. The second-order valence-electron chi connectivity index (χ2n) is 0.948. The molecule has 1 rings (SSSR count). The van der Waals surface area contributed by atoms with Crippen LogP contribution in [0.15, 0.2) is 23.5 Å². The first-order chi connectivity index (χ1) is 3.39. The second kappa shape index (κ2) is 2.02. The Morgan fingerprint density at radius 3 is 2.57 bits per heavy atom. The molecule has 0 radical (unpaired) electrons. The molecule has 0 aliphatic carbocycles. The molecule has 2 nitrogen and oxygen atoms in total. The zero-order chi connectivity index (χ0) is 5.11. The number of hydrogen-bond donors (Lipinski definition) is 0. The van der Waals surface area contributed by atoms with Gasteiger partial charge in [0.25, 0.3) is 0 Å². The topological polar surface area (TPSA) is 18.5 Å². The third kappa shape index (κ3) is 1.23. The van der Waals surface area contributed by atoms with E-state index in [-0.39, 0.29) is 0 Å². The van der Waals surface area contributed by atoms with Gasteiger partial charge in [-0.1, -0.05) is 0 Å². The maximum absolute atomic E-state index is 4.75. The number of rotatable bonds is 0. The Bertz CT molecular complexity index is 117. The lowest BCUT2D eigenvalue weighted by Crippen LogP contribution is -1.81. The van der Waals surface area contributed by atoms with Crippen LogP contribution in [0, 0.1) is 0 Å². The predicted molar refractivity (Wildman–Crippen MR) is 28.3 cm³/mol. The smallest absolute Gasteiger partial charge is 0.203 e. The number of ether oxygens (including phenoxy) is 2. The zero-order valence-corrected chi connectivity index (χ0v) is 5.01. The van der Waals surface area contributed by atoms with E-state index in [9.17, 15) is 0 Å². The van der Waals surface area contributed by atoms with Crippen molar-refractivity contribution in [2.75, 3.05) is 0 Å². The van der Waals surface area contributed by atoms with E-state index >= 15 is 0 Å². The molecule has 0 bridgehead atoms. The van der Waals surface area contributed by atoms with Gasteiger partial charge in [-0.25, -0.2) is 0 Å². The van der Waals surface area contributed by atoms with Gasteiger partial charge in [-0.15, -0.1) is 0 Å². The van der Waals surface area contributed by atoms with Gasteiger partial charge in [-0.05, 0) is 15.9 Å². The van der Waals surface area contributed by atoms with Gasteiger partial charge in [0.05, 0.1) is 0 Å². The summed E-state index contributed by atoms with van der Waals surface area (Å²) in [5, 5.41) is 0. The zero-order valence-electron chi connectivity index (χ0n) is 3.43. The molecule has 0 saturated carbocycles. The summed E-state index contributed by atoms with van der Waals surface area (Å²) >= 11 is 3.05. The SMILES string of the molecule is BrC1=COC=CO1. The van der Waals surface area contributed by atoms with Gasteiger partial charge in [0.1, 0.15) is 18.8 Å². The monoisotopic (exact) mass is 162 g/mol. The highest BCUT2D eigenvalue weighted by Crippen LogP contribution is 2.10. The van der Waals surface area contributed by atoms with Crippen molar-refractivity contribution in [1.29, 1.82) is 0 Å². The first-order valence-electron chi connectivity index (χ1n) is 1.72. The largest absolute Gasteiger partial charge is 0.465 e. The van der Waals surface area contributed by atoms with E-state index in [1.165, 1.54) is 18.8 Å². The first kappa shape index (κ1) is 4.71. The Morgan fingerprint density at radius 2 is 2.29 bits per heavy atom. The molecule has 0 fully saturated rings. The minimum Gasteiger partial charge on any atom is -0.465 e. The fourth-order valence-electron chi connectivity index (χ4n) is 0.245. The molecule has 0 aromatic rings. The molecule has 1 heterocycles. The van der Waals surface area contributed by atoms with Crippen molar-refractivity contribution in [3.8, 4) is 0 Å². The van der Waals surface area contributed by atoms with Crippen LogP contribution in [0.25, 0.3) is 0 Å². The highest BCUT2D eigenvalue weighted by molar-refractivity contribution is 9.11. The minimum atomic E-state index is 0.593. The van der Waals surface area contributed by atoms with Gasteiger partial charge in [0, 0.05) is 0 Å². The average Bonchev–Trinajstić information content (AvgIpc) is 1.69. The molecular formula is C4H3BrO2. The van der Waals surface area contributed by atoms with Crippen LogP contribution in [0.2, 0.25) is 0 Å². The Balaban J connectivity index is 2.50. The highest BCUT2D eigenvalue weighted by Gasteiger charge is 1.90. The summed E-state index contributed by atoms with van der Waals surface area (Å²) in [5.41, 5.74) is 0. The summed E-state index contributed by atoms with van der Waals surface area (Å²) in [6.45, 7) is 0. The fraction of sp³-hybridized carbons (Fsp3) is 0. The molecule has 0 aromatic carbocycles. The Labute approximate surface area is 49.5 Å². The van der Waals surface area contributed by atoms with E-state index < -0.39 is 0 Å². The molecule has 0 N–H and O–H groups in total. The third-order valence-corrected chi connectivity index (χ3v) is 0.849. The molecule has 0 amide bonds. The van der Waals surface area contributed by atoms with Gasteiger partial charge in [-0.3, -0.25) is 0 Å². The van der Waals surface area contributed by atoms with E-state index in [4.69, 9.17) is 4.74 Å². The van der Waals surface area contributed by atoms with Crippen LogP contribution in [0.4, 0.5) is 0 Å². The van der Waals surface area contributed by atoms with E-state index in [2.05, 4.69) is 20.7 Å². The van der Waals surface area contributed by atoms with Crippen molar-refractivity contribution in [2.24, 2.45) is 0 Å². The molecular weight excluding hydrogens is 160 g/mol. The highest BCUT2D eigenvalue weighted by atomic mass is 79.9. The molecule has 0 aromatic heterocycles. The lowest BCUT2D eigenvalue weighted by atomic mass is 10.9. The van der Waals surface area contributed by atoms with Gasteiger partial charge >= 0.3 is 0 Å². The van der Waals surface area contributed by atoms with Crippen molar-refractivity contribution >= 4 is 15.9 Å². The van der Waals surface area contributed by atoms with Crippen LogP contribution < -0.4 is 0 Å². The molecule has 0 spiro atoms. The first-order valence-corrected chi connectivity index (χ1v) is 2.52. The maximum Gasteiger partial charge on any atom is 0.203 e. The lowest BCUT2D eigenvalue weighted by molar-refractivity contribution is 0.283. The van der Waals surface area contributed by atoms with E-state index in [1.807, 2.05) is 0 Å². The van der Waals surface area contributed by atoms with Gasteiger partial charge in [0.2, 0.25) is 4.67 Å². The quantitative estimate of drug-likeness (QED) is 0.540. The van der Waals surface area contributed by atoms with Crippen LogP contribution in [-0.4, -0.2) is 0 Å². The summed E-state index contributed by atoms with van der Waals surface area (Å²) in [5.74, 6) is 0. The van der Waals surface area contributed by atoms with Crippen LogP contribution >= 0.6 is 15.9 Å². The van der Waals surface area contributed by atoms with E-state index in [0.29, 0.717) is 4.67 Å². The maximum atomic E-state index is 4.75. The Kier molecular flexibility index (Phi) is 1.36. The van der Waals surface area contributed by atoms with Crippen molar-refractivity contribution in [3.05, 3.63) is 23.5 Å². The molecule has 7 heavy (non-hydrogen) atoms. The summed E-state index contributed by atoms with van der Waals surface area (Å²) < 4.78 is 10.0. The predicted octanol–water partition coefficient (Wildman–Crippen LogP) is 1.70. The van der Waals surface area contributed by atoms with Gasteiger partial charge in [-0.2, -0.15) is 0 Å². The molecule has 0 atom stereocenters. The van der Waals surface area contributed by atoms with Crippen LogP contribution in [0.3, 0.4) is 0 Å². The third-order valence-electron chi connectivity index (χ3n) is 0.475. The normalized spacial score (nSPS) is 17.0. The molecule has 0 unspecified atom stereocenters. The summed E-state index contributed by atoms with van der Waals surface area (Å²) in [6, 6.07) is 0. The van der Waals surface area contributed by atoms with Crippen molar-refractivity contribution in [3.63, 3.8) is 0 Å². The summed E-state index contributed by atoms with van der Waals surface area (Å²) in [7, 11) is 0. The second-order valence-corrected chi connectivity index (χ2v) is 1.73. The molecule has 3 heteroatoms. The molecule has 1 aliphatic rings. The van der Waals surface area contributed by atoms with Gasteiger partial charge in [0.15, 0.2) is 0 Å². The van der Waals surface area contributed by atoms with Gasteiger partial charge < -0.3 is 9.47 Å². The van der Waals surface area contributed by atoms with E-state index in [1.54, 1.807) is 0 Å². The lowest BCUT2D eigenvalue weighted by Gasteiger charge is -2.00. The fourth-order valence-corrected chi connectivity index (χ4v) is 0.461. The molecule has 0 saturated heterocycles. The number of halogens is 1. The van der Waals surface area contributed by atoms with Crippen LogP contribution in [0.1, 0.15) is 0 Å². The standard InChI is InChI=1S/C4H3BrO2/c5-4-3-6-1-2-7-4/h1-3H. The molecule has 38 valence electrons.